The molecule has 22 heavy (non-hydrogen) atoms. The first-order chi connectivity index (χ1) is 10.6. The second-order valence-electron chi connectivity index (χ2n) is 5.41. The molecular weight excluding hydrogens is 302 g/mol. The normalized spacial score (nSPS) is 30.5. The number of thioether (sulfide) groups is 1. The van der Waals surface area contributed by atoms with Gasteiger partial charge in [0.05, 0.1) is 0 Å². The number of rotatable bonds is 4. The first-order valence-corrected chi connectivity index (χ1v) is 8.23. The summed E-state index contributed by atoms with van der Waals surface area (Å²) in [5.74, 6) is 0.488. The van der Waals surface area contributed by atoms with Crippen LogP contribution >= 0.6 is 11.8 Å². The fourth-order valence-corrected chi connectivity index (χ4v) is 3.95. The fraction of sp³-hybridized carbons (Fsp3) is 0.429. The van der Waals surface area contributed by atoms with Crippen LogP contribution in [0.4, 0.5) is 5.82 Å². The van der Waals surface area contributed by atoms with Crippen molar-refractivity contribution < 1.29 is 5.11 Å². The Labute approximate surface area is 132 Å². The van der Waals surface area contributed by atoms with Crippen LogP contribution in [0, 0.1) is 5.92 Å². The van der Waals surface area contributed by atoms with Crippen molar-refractivity contribution in [2.24, 2.45) is 10.9 Å². The predicted molar refractivity (Wildman–Crippen MR) is 89.3 cm³/mol. The van der Waals surface area contributed by atoms with Crippen LogP contribution in [0.3, 0.4) is 0 Å². The average molecular weight is 321 g/mol. The highest BCUT2D eigenvalue weighted by atomic mass is 32.2. The topological polar surface area (TPSA) is 105 Å². The molecule has 3 rings (SSSR count). The molecule has 1 aromatic rings. The molecule has 118 valence electrons. The van der Waals surface area contributed by atoms with Crippen LogP contribution in [0.5, 0.6) is 0 Å². The second-order valence-corrected chi connectivity index (χ2v) is 6.41. The van der Waals surface area contributed by atoms with Crippen LogP contribution in [0.25, 0.3) is 0 Å². The van der Waals surface area contributed by atoms with Crippen LogP contribution in [0.2, 0.25) is 0 Å². The molecule has 0 spiro atoms. The number of aliphatic hydroxyl groups excluding tert-OH is 1. The molecule has 0 amide bonds. The quantitative estimate of drug-likeness (QED) is 0.559. The molecule has 3 atom stereocenters. The highest BCUT2D eigenvalue weighted by Crippen LogP contribution is 2.44. The molecule has 0 fully saturated rings. The molecule has 0 aliphatic carbocycles. The van der Waals surface area contributed by atoms with Gasteiger partial charge in [-0.25, -0.2) is 0 Å². The molecule has 3 heterocycles. The number of nitrogens with one attached hydrogen (secondary N) is 4. The minimum Gasteiger partial charge on any atom is -0.396 e. The zero-order valence-corrected chi connectivity index (χ0v) is 13.2. The number of aromatic amines is 2. The van der Waals surface area contributed by atoms with E-state index in [-0.39, 0.29) is 18.1 Å². The van der Waals surface area contributed by atoms with Gasteiger partial charge in [0.15, 0.2) is 0 Å². The van der Waals surface area contributed by atoms with Crippen LogP contribution in [0.1, 0.15) is 12.5 Å². The number of hydrogen-bond donors (Lipinski definition) is 5. The number of hydrogen-bond acceptors (Lipinski definition) is 6. The summed E-state index contributed by atoms with van der Waals surface area (Å²) in [4.78, 5) is 15.6. The van der Waals surface area contributed by atoms with Gasteiger partial charge in [-0.3, -0.25) is 20.0 Å². The first kappa shape index (κ1) is 15.0. The number of allylic oxidation sites excluding steroid dienone is 2. The maximum absolute atomic E-state index is 11.7. The maximum atomic E-state index is 11.7. The minimum atomic E-state index is -0.797. The highest BCUT2D eigenvalue weighted by molar-refractivity contribution is 8.00. The van der Waals surface area contributed by atoms with Gasteiger partial charge in [0, 0.05) is 18.7 Å². The highest BCUT2D eigenvalue weighted by Gasteiger charge is 2.54. The Bertz CT molecular complexity index is 706. The number of anilines is 1. The third-order valence-corrected chi connectivity index (χ3v) is 5.42. The van der Waals surface area contributed by atoms with Crippen molar-refractivity contribution in [3.05, 3.63) is 40.3 Å². The molecule has 3 unspecified atom stereocenters. The summed E-state index contributed by atoms with van der Waals surface area (Å²) in [6, 6.07) is 0. The van der Waals surface area contributed by atoms with Crippen molar-refractivity contribution in [1.82, 2.24) is 15.5 Å². The van der Waals surface area contributed by atoms with E-state index >= 15 is 0 Å². The zero-order valence-electron chi connectivity index (χ0n) is 12.4. The Kier molecular flexibility index (Phi) is 3.65. The van der Waals surface area contributed by atoms with Crippen LogP contribution in [-0.2, 0) is 0 Å². The van der Waals surface area contributed by atoms with E-state index in [0.29, 0.717) is 11.4 Å². The molecule has 2 aliphatic heterocycles. The van der Waals surface area contributed by atoms with Crippen molar-refractivity contribution in [3.63, 3.8) is 0 Å². The SMILES string of the molecule is CSC1(C2(C(C)CO)C=CC=CN2)N=Cc2c([nH][nH]c2=O)N1. The molecule has 7 nitrogen and oxygen atoms in total. The van der Waals surface area contributed by atoms with E-state index in [4.69, 9.17) is 0 Å². The van der Waals surface area contributed by atoms with E-state index in [2.05, 4.69) is 25.8 Å². The zero-order chi connectivity index (χ0) is 15.8. The molecular formula is C14H19N5O2S. The third kappa shape index (κ3) is 1.94. The Morgan fingerprint density at radius 2 is 2.23 bits per heavy atom. The summed E-state index contributed by atoms with van der Waals surface area (Å²) in [5, 5.41) is 21.8. The van der Waals surface area contributed by atoms with Crippen molar-refractivity contribution in [1.29, 1.82) is 0 Å². The van der Waals surface area contributed by atoms with E-state index < -0.39 is 10.5 Å². The number of dihydropyridines is 1. The standard InChI is InChI=1S/C14H19N5O2S/c1-9(8-20)13(5-3-4-6-15-13)14(22-2)16-7-10-11(17-14)18-19-12(10)21/h3-7,9,15,20H,8H2,1-2H3,(H3,17,18,19,21). The van der Waals surface area contributed by atoms with Gasteiger partial charge in [0.1, 0.15) is 16.9 Å². The molecule has 5 N–H and O–H groups in total. The summed E-state index contributed by atoms with van der Waals surface area (Å²) in [6.45, 7) is 1.96. The Hall–Kier alpha value is -1.93. The van der Waals surface area contributed by atoms with Crippen molar-refractivity contribution in [3.8, 4) is 0 Å². The fourth-order valence-electron chi connectivity index (χ4n) is 2.92. The van der Waals surface area contributed by atoms with E-state index in [9.17, 15) is 9.90 Å². The van der Waals surface area contributed by atoms with E-state index in [1.165, 1.54) is 11.8 Å². The summed E-state index contributed by atoms with van der Waals surface area (Å²) in [7, 11) is 0. The van der Waals surface area contributed by atoms with Gasteiger partial charge < -0.3 is 15.7 Å². The Balaban J connectivity index is 2.11. The van der Waals surface area contributed by atoms with Crippen LogP contribution in [0.15, 0.2) is 34.2 Å². The van der Waals surface area contributed by atoms with Crippen LogP contribution < -0.4 is 16.2 Å². The minimum absolute atomic E-state index is 0.00119. The summed E-state index contributed by atoms with van der Waals surface area (Å²) in [6.07, 6.45) is 11.2. The summed E-state index contributed by atoms with van der Waals surface area (Å²) in [5.41, 5.74) is -0.373. The lowest BCUT2D eigenvalue weighted by molar-refractivity contribution is 0.152. The predicted octanol–water partition coefficient (Wildman–Crippen LogP) is 0.605. The second kappa shape index (κ2) is 5.36. The summed E-state index contributed by atoms with van der Waals surface area (Å²) >= 11 is 1.51. The molecule has 0 saturated carbocycles. The Morgan fingerprint density at radius 3 is 2.86 bits per heavy atom. The van der Waals surface area contributed by atoms with Gasteiger partial charge in [0.2, 0.25) is 4.99 Å². The van der Waals surface area contributed by atoms with E-state index in [1.54, 1.807) is 6.21 Å². The lowest BCUT2D eigenvalue weighted by Gasteiger charge is -2.50. The lowest BCUT2D eigenvalue weighted by atomic mass is 9.80. The van der Waals surface area contributed by atoms with Crippen molar-refractivity contribution >= 4 is 23.8 Å². The van der Waals surface area contributed by atoms with E-state index in [1.807, 2.05) is 37.6 Å². The van der Waals surface area contributed by atoms with Gasteiger partial charge in [-0.2, -0.15) is 0 Å². The smallest absolute Gasteiger partial charge is 0.274 e. The molecule has 0 radical (unpaired) electrons. The van der Waals surface area contributed by atoms with Gasteiger partial charge in [-0.1, -0.05) is 19.1 Å². The van der Waals surface area contributed by atoms with Crippen molar-refractivity contribution in [2.45, 2.75) is 17.5 Å². The number of aromatic nitrogens is 2. The maximum Gasteiger partial charge on any atom is 0.274 e. The lowest BCUT2D eigenvalue weighted by Crippen LogP contribution is -2.66. The number of aliphatic imine (C=N–C) groups is 1. The number of fused-ring (bicyclic) bond motifs is 1. The summed E-state index contributed by atoms with van der Waals surface area (Å²) < 4.78 is 0. The Morgan fingerprint density at radius 1 is 1.41 bits per heavy atom. The molecule has 8 heteroatoms. The molecule has 0 aromatic carbocycles. The number of H-pyrrole nitrogens is 2. The van der Waals surface area contributed by atoms with Gasteiger partial charge in [-0.05, 0) is 18.5 Å². The average Bonchev–Trinajstić information content (AvgIpc) is 2.94. The first-order valence-electron chi connectivity index (χ1n) is 7.00. The monoisotopic (exact) mass is 321 g/mol. The number of aliphatic hydroxyl groups is 1. The molecule has 0 saturated heterocycles. The van der Waals surface area contributed by atoms with Gasteiger partial charge in [-0.15, -0.1) is 11.8 Å². The molecule has 0 bridgehead atoms. The largest absolute Gasteiger partial charge is 0.396 e. The third-order valence-electron chi connectivity index (χ3n) is 4.28. The molecule has 1 aromatic heterocycles. The van der Waals surface area contributed by atoms with Crippen LogP contribution in [-0.4, -0.2) is 44.9 Å². The number of nitrogens with zero attached hydrogens (tertiary/aromatic N) is 1. The van der Waals surface area contributed by atoms with E-state index in [0.717, 1.165) is 0 Å². The van der Waals surface area contributed by atoms with Gasteiger partial charge in [0.25, 0.3) is 5.56 Å². The molecule has 2 aliphatic rings. The van der Waals surface area contributed by atoms with Gasteiger partial charge >= 0.3 is 0 Å². The van der Waals surface area contributed by atoms with Crippen molar-refractivity contribution in [2.75, 3.05) is 18.2 Å².